The van der Waals surface area contributed by atoms with Crippen LogP contribution in [0.2, 0.25) is 0 Å². The number of hydrogen-bond acceptors (Lipinski definition) is 5. The maximum absolute atomic E-state index is 11.9. The number of carboxylic acid groups (broad SMARTS) is 1. The minimum absolute atomic E-state index is 0.108. The number of rotatable bonds is 8. The molecule has 0 fully saturated rings. The van der Waals surface area contributed by atoms with Gasteiger partial charge in [0.15, 0.2) is 0 Å². The highest BCUT2D eigenvalue weighted by Gasteiger charge is 2.26. The number of carbonyl (C=O) groups is 3. The van der Waals surface area contributed by atoms with Crippen molar-refractivity contribution in [3.8, 4) is 0 Å². The Labute approximate surface area is 117 Å². The van der Waals surface area contributed by atoms with E-state index in [0.29, 0.717) is 6.42 Å². The SMILES string of the molecule is CC(C)CC(NC(=O)C(N)CO)C(=O)NC(C)C(=O)O. The summed E-state index contributed by atoms with van der Waals surface area (Å²) in [5.41, 5.74) is 5.36. The molecule has 0 aliphatic rings. The van der Waals surface area contributed by atoms with Crippen LogP contribution in [-0.2, 0) is 14.4 Å². The molecule has 0 heterocycles. The molecule has 3 unspecified atom stereocenters. The summed E-state index contributed by atoms with van der Waals surface area (Å²) in [6.45, 7) is 4.51. The number of nitrogens with one attached hydrogen (secondary N) is 2. The zero-order valence-electron chi connectivity index (χ0n) is 11.9. The van der Waals surface area contributed by atoms with Crippen molar-refractivity contribution in [2.24, 2.45) is 11.7 Å². The number of amides is 2. The van der Waals surface area contributed by atoms with Crippen LogP contribution in [0.1, 0.15) is 27.2 Å². The van der Waals surface area contributed by atoms with Gasteiger partial charge in [0.25, 0.3) is 0 Å². The Morgan fingerprint density at radius 1 is 1.10 bits per heavy atom. The Kier molecular flexibility index (Phi) is 7.78. The smallest absolute Gasteiger partial charge is 0.325 e. The van der Waals surface area contributed by atoms with Crippen molar-refractivity contribution in [2.75, 3.05) is 6.61 Å². The van der Waals surface area contributed by atoms with Crippen molar-refractivity contribution in [3.63, 3.8) is 0 Å². The van der Waals surface area contributed by atoms with Crippen LogP contribution in [0, 0.1) is 5.92 Å². The van der Waals surface area contributed by atoms with Gasteiger partial charge in [0, 0.05) is 0 Å². The van der Waals surface area contributed by atoms with Crippen molar-refractivity contribution in [1.29, 1.82) is 0 Å². The van der Waals surface area contributed by atoms with E-state index in [1.54, 1.807) is 0 Å². The topological polar surface area (TPSA) is 142 Å². The second-order valence-corrected chi connectivity index (χ2v) is 5.05. The molecule has 0 aliphatic carbocycles. The molecule has 3 atom stereocenters. The molecular weight excluding hydrogens is 266 g/mol. The number of carboxylic acids is 1. The Hall–Kier alpha value is -1.67. The fourth-order valence-corrected chi connectivity index (χ4v) is 1.44. The molecule has 0 aromatic carbocycles. The molecule has 116 valence electrons. The number of carbonyl (C=O) groups excluding carboxylic acids is 2. The summed E-state index contributed by atoms with van der Waals surface area (Å²) in [6.07, 6.45) is 0.335. The average molecular weight is 289 g/mol. The highest BCUT2D eigenvalue weighted by molar-refractivity contribution is 5.91. The van der Waals surface area contributed by atoms with Crippen LogP contribution in [0.25, 0.3) is 0 Å². The van der Waals surface area contributed by atoms with Crippen molar-refractivity contribution < 1.29 is 24.6 Å². The van der Waals surface area contributed by atoms with Crippen LogP contribution in [0.4, 0.5) is 0 Å². The van der Waals surface area contributed by atoms with Gasteiger partial charge < -0.3 is 26.6 Å². The van der Waals surface area contributed by atoms with E-state index >= 15 is 0 Å². The molecule has 0 saturated carbocycles. The zero-order valence-corrected chi connectivity index (χ0v) is 11.9. The van der Waals surface area contributed by atoms with Crippen molar-refractivity contribution in [2.45, 2.75) is 45.3 Å². The Morgan fingerprint density at radius 2 is 1.65 bits per heavy atom. The van der Waals surface area contributed by atoms with E-state index in [1.165, 1.54) is 6.92 Å². The second-order valence-electron chi connectivity index (χ2n) is 5.05. The fourth-order valence-electron chi connectivity index (χ4n) is 1.44. The van der Waals surface area contributed by atoms with Gasteiger partial charge in [0.1, 0.15) is 18.1 Å². The molecular formula is C12H23N3O5. The molecule has 0 aliphatic heterocycles. The van der Waals surface area contributed by atoms with E-state index in [9.17, 15) is 14.4 Å². The first kappa shape index (κ1) is 18.3. The lowest BCUT2D eigenvalue weighted by Gasteiger charge is -2.22. The number of aliphatic hydroxyl groups excluding tert-OH is 1. The molecule has 2 amide bonds. The van der Waals surface area contributed by atoms with Gasteiger partial charge >= 0.3 is 5.97 Å². The number of nitrogens with two attached hydrogens (primary N) is 1. The van der Waals surface area contributed by atoms with Gasteiger partial charge in [-0.15, -0.1) is 0 Å². The average Bonchev–Trinajstić information content (AvgIpc) is 2.35. The van der Waals surface area contributed by atoms with Crippen LogP contribution >= 0.6 is 0 Å². The van der Waals surface area contributed by atoms with E-state index in [4.69, 9.17) is 15.9 Å². The third-order valence-corrected chi connectivity index (χ3v) is 2.60. The number of aliphatic hydroxyl groups is 1. The quantitative estimate of drug-likeness (QED) is 0.365. The molecule has 0 saturated heterocycles. The first-order chi connectivity index (χ1) is 9.18. The summed E-state index contributed by atoms with van der Waals surface area (Å²) in [5.74, 6) is -2.31. The summed E-state index contributed by atoms with van der Waals surface area (Å²) in [5, 5.41) is 22.2. The van der Waals surface area contributed by atoms with Gasteiger partial charge in [0.2, 0.25) is 11.8 Å². The maximum Gasteiger partial charge on any atom is 0.325 e. The monoisotopic (exact) mass is 289 g/mol. The van der Waals surface area contributed by atoms with Crippen molar-refractivity contribution >= 4 is 17.8 Å². The van der Waals surface area contributed by atoms with E-state index < -0.39 is 42.5 Å². The van der Waals surface area contributed by atoms with E-state index in [-0.39, 0.29) is 5.92 Å². The molecule has 0 bridgehead atoms. The Morgan fingerprint density at radius 3 is 2.05 bits per heavy atom. The van der Waals surface area contributed by atoms with Crippen LogP contribution < -0.4 is 16.4 Å². The number of aliphatic carboxylic acids is 1. The summed E-state index contributed by atoms with van der Waals surface area (Å²) < 4.78 is 0. The molecule has 0 aromatic heterocycles. The fraction of sp³-hybridized carbons (Fsp3) is 0.750. The van der Waals surface area contributed by atoms with Crippen molar-refractivity contribution in [3.05, 3.63) is 0 Å². The van der Waals surface area contributed by atoms with Gasteiger partial charge in [-0.1, -0.05) is 13.8 Å². The van der Waals surface area contributed by atoms with Crippen molar-refractivity contribution in [1.82, 2.24) is 10.6 Å². The molecule has 0 aromatic rings. The first-order valence-electron chi connectivity index (χ1n) is 6.39. The molecule has 20 heavy (non-hydrogen) atoms. The molecule has 0 radical (unpaired) electrons. The Balaban J connectivity index is 4.74. The van der Waals surface area contributed by atoms with E-state index in [2.05, 4.69) is 10.6 Å². The van der Waals surface area contributed by atoms with Crippen LogP contribution in [0.3, 0.4) is 0 Å². The normalized spacial score (nSPS) is 15.3. The van der Waals surface area contributed by atoms with Gasteiger partial charge in [-0.05, 0) is 19.3 Å². The highest BCUT2D eigenvalue weighted by Crippen LogP contribution is 2.05. The third-order valence-electron chi connectivity index (χ3n) is 2.60. The lowest BCUT2D eigenvalue weighted by atomic mass is 10.0. The summed E-state index contributed by atoms with van der Waals surface area (Å²) in [6, 6.07) is -3.06. The van der Waals surface area contributed by atoms with Crippen LogP contribution in [-0.4, -0.2) is 52.7 Å². The molecule has 6 N–H and O–H groups in total. The Bertz CT molecular complexity index is 359. The number of hydrogen-bond donors (Lipinski definition) is 5. The summed E-state index contributed by atoms with van der Waals surface area (Å²) in [4.78, 5) is 34.2. The largest absolute Gasteiger partial charge is 0.480 e. The van der Waals surface area contributed by atoms with Gasteiger partial charge in [-0.2, -0.15) is 0 Å². The summed E-state index contributed by atoms with van der Waals surface area (Å²) >= 11 is 0. The predicted molar refractivity (Wildman–Crippen MR) is 71.7 cm³/mol. The molecule has 0 rings (SSSR count). The predicted octanol–water partition coefficient (Wildman–Crippen LogP) is -1.57. The summed E-state index contributed by atoms with van der Waals surface area (Å²) in [7, 11) is 0. The van der Waals surface area contributed by atoms with Gasteiger partial charge in [-0.25, -0.2) is 0 Å². The molecule has 0 spiro atoms. The highest BCUT2D eigenvalue weighted by atomic mass is 16.4. The van der Waals surface area contributed by atoms with E-state index in [0.717, 1.165) is 0 Å². The van der Waals surface area contributed by atoms with Gasteiger partial charge in [0.05, 0.1) is 6.61 Å². The molecule has 8 heteroatoms. The maximum atomic E-state index is 11.9. The standard InChI is InChI=1S/C12H23N3O5/c1-6(2)4-9(15-10(17)8(13)5-16)11(18)14-7(3)12(19)20/h6-9,16H,4-5,13H2,1-3H3,(H,14,18)(H,15,17)(H,19,20). The lowest BCUT2D eigenvalue weighted by Crippen LogP contribution is -2.54. The third kappa shape index (κ3) is 6.48. The van der Waals surface area contributed by atoms with E-state index in [1.807, 2.05) is 13.8 Å². The van der Waals surface area contributed by atoms with Crippen LogP contribution in [0.15, 0.2) is 0 Å². The minimum Gasteiger partial charge on any atom is -0.480 e. The lowest BCUT2D eigenvalue weighted by molar-refractivity contribution is -0.141. The van der Waals surface area contributed by atoms with Crippen LogP contribution in [0.5, 0.6) is 0 Å². The zero-order chi connectivity index (χ0) is 15.9. The minimum atomic E-state index is -1.17. The first-order valence-corrected chi connectivity index (χ1v) is 6.39. The van der Waals surface area contributed by atoms with Gasteiger partial charge in [-0.3, -0.25) is 14.4 Å². The molecule has 8 nitrogen and oxygen atoms in total. The second kappa shape index (κ2) is 8.49.